The van der Waals surface area contributed by atoms with Gasteiger partial charge in [-0.3, -0.25) is 9.20 Å². The molecule has 0 bridgehead atoms. The van der Waals surface area contributed by atoms with Gasteiger partial charge in [0.25, 0.3) is 5.91 Å². The fourth-order valence-electron chi connectivity index (χ4n) is 2.98. The summed E-state index contributed by atoms with van der Waals surface area (Å²) in [5.41, 5.74) is 3.84. The van der Waals surface area contributed by atoms with Crippen LogP contribution < -0.4 is 5.32 Å². The van der Waals surface area contributed by atoms with Crippen LogP contribution in [0, 0.1) is 13.8 Å². The quantitative estimate of drug-likeness (QED) is 0.529. The van der Waals surface area contributed by atoms with Crippen LogP contribution in [-0.4, -0.2) is 32.0 Å². The van der Waals surface area contributed by atoms with Gasteiger partial charge in [-0.05, 0) is 61.4 Å². The highest BCUT2D eigenvalue weighted by Gasteiger charge is 2.14. The summed E-state index contributed by atoms with van der Waals surface area (Å²) >= 11 is 1.50. The van der Waals surface area contributed by atoms with Gasteiger partial charge >= 0.3 is 0 Å². The summed E-state index contributed by atoms with van der Waals surface area (Å²) in [5.74, 6) is 0.676. The van der Waals surface area contributed by atoms with Crippen molar-refractivity contribution in [1.29, 1.82) is 0 Å². The molecule has 146 valence electrons. The number of hydrogen-bond donors (Lipinski definition) is 1. The van der Waals surface area contributed by atoms with Gasteiger partial charge in [-0.1, -0.05) is 23.9 Å². The van der Waals surface area contributed by atoms with E-state index in [2.05, 4.69) is 52.5 Å². The Morgan fingerprint density at radius 2 is 1.97 bits per heavy atom. The maximum atomic E-state index is 12.8. The summed E-state index contributed by atoms with van der Waals surface area (Å²) in [5, 5.41) is 12.0. The monoisotopic (exact) mass is 403 g/mol. The Balaban J connectivity index is 1.44. The third kappa shape index (κ3) is 4.30. The Bertz CT molecular complexity index is 1170. The fourth-order valence-corrected chi connectivity index (χ4v) is 3.96. The molecule has 4 aromatic rings. The van der Waals surface area contributed by atoms with E-state index in [0.29, 0.717) is 23.6 Å². The summed E-state index contributed by atoms with van der Waals surface area (Å²) in [6, 6.07) is 15.6. The number of carbonyl (C=O) groups excluding carboxylic acids is 1. The second kappa shape index (κ2) is 8.45. The number of rotatable bonds is 6. The predicted molar refractivity (Wildman–Crippen MR) is 113 cm³/mol. The topological polar surface area (TPSA) is 72.2 Å². The van der Waals surface area contributed by atoms with Crippen molar-refractivity contribution in [1.82, 2.24) is 24.9 Å². The molecule has 0 spiro atoms. The Kier molecular flexibility index (Phi) is 5.57. The van der Waals surface area contributed by atoms with Crippen molar-refractivity contribution in [3.05, 3.63) is 83.4 Å². The average molecular weight is 404 g/mol. The highest BCUT2D eigenvalue weighted by atomic mass is 32.2. The number of amides is 1. The zero-order valence-electron chi connectivity index (χ0n) is 16.3. The normalized spacial score (nSPS) is 11.0. The lowest BCUT2D eigenvalue weighted by Gasteiger charge is -2.10. The molecule has 0 aliphatic heterocycles. The number of hydrogen-bond acceptors (Lipinski definition) is 5. The van der Waals surface area contributed by atoms with E-state index in [1.54, 1.807) is 18.3 Å². The predicted octanol–water partition coefficient (Wildman–Crippen LogP) is 3.86. The molecule has 0 aliphatic rings. The molecule has 3 aromatic heterocycles. The number of carbonyl (C=O) groups is 1. The first-order valence-corrected chi connectivity index (χ1v) is 10.2. The molecule has 0 fully saturated rings. The standard InChI is InChI=1S/C22H21N5OS/c1-15-8-9-17(14-16(15)2)29-22-18(6-5-11-24-22)21(28)23-12-10-20-26-25-19-7-3-4-13-27(19)20/h3-9,11,13-14H,10,12H2,1-2H3,(H,23,28). The van der Waals surface area contributed by atoms with Crippen LogP contribution in [0.15, 0.2) is 70.8 Å². The molecule has 0 radical (unpaired) electrons. The van der Waals surface area contributed by atoms with Gasteiger partial charge in [-0.2, -0.15) is 0 Å². The van der Waals surface area contributed by atoms with E-state index in [9.17, 15) is 4.79 Å². The van der Waals surface area contributed by atoms with Crippen LogP contribution in [0.25, 0.3) is 5.65 Å². The lowest BCUT2D eigenvalue weighted by atomic mass is 10.1. The van der Waals surface area contributed by atoms with Crippen molar-refractivity contribution in [2.24, 2.45) is 0 Å². The smallest absolute Gasteiger partial charge is 0.254 e. The largest absolute Gasteiger partial charge is 0.352 e. The third-order valence-electron chi connectivity index (χ3n) is 4.73. The van der Waals surface area contributed by atoms with Crippen LogP contribution >= 0.6 is 11.8 Å². The Hall–Kier alpha value is -3.19. The van der Waals surface area contributed by atoms with Crippen molar-refractivity contribution in [2.45, 2.75) is 30.2 Å². The molecule has 6 nitrogen and oxygen atoms in total. The van der Waals surface area contributed by atoms with Crippen LogP contribution in [0.3, 0.4) is 0 Å². The molecule has 4 rings (SSSR count). The first kappa shape index (κ1) is 19.1. The van der Waals surface area contributed by atoms with Gasteiger partial charge in [0.1, 0.15) is 10.9 Å². The van der Waals surface area contributed by atoms with E-state index in [0.717, 1.165) is 16.4 Å². The van der Waals surface area contributed by atoms with Crippen molar-refractivity contribution < 1.29 is 4.79 Å². The minimum atomic E-state index is -0.141. The molecule has 29 heavy (non-hydrogen) atoms. The minimum absolute atomic E-state index is 0.141. The van der Waals surface area contributed by atoms with Crippen LogP contribution in [0.2, 0.25) is 0 Å². The lowest BCUT2D eigenvalue weighted by Crippen LogP contribution is -2.26. The van der Waals surface area contributed by atoms with E-state index in [-0.39, 0.29) is 5.91 Å². The SMILES string of the molecule is Cc1ccc(Sc2ncccc2C(=O)NCCc2nnc3ccccn23)cc1C. The molecule has 3 heterocycles. The zero-order valence-corrected chi connectivity index (χ0v) is 17.1. The molecule has 0 saturated carbocycles. The maximum absolute atomic E-state index is 12.8. The van der Waals surface area contributed by atoms with Gasteiger partial charge < -0.3 is 5.32 Å². The molecule has 0 aliphatic carbocycles. The number of nitrogens with one attached hydrogen (secondary N) is 1. The third-order valence-corrected chi connectivity index (χ3v) is 5.74. The highest BCUT2D eigenvalue weighted by Crippen LogP contribution is 2.29. The molecule has 0 saturated heterocycles. The van der Waals surface area contributed by atoms with E-state index < -0.39 is 0 Å². The minimum Gasteiger partial charge on any atom is -0.352 e. The second-order valence-corrected chi connectivity index (χ2v) is 7.82. The van der Waals surface area contributed by atoms with Crippen molar-refractivity contribution in [3.63, 3.8) is 0 Å². The van der Waals surface area contributed by atoms with E-state index in [4.69, 9.17) is 0 Å². The second-order valence-electron chi connectivity index (χ2n) is 6.76. The Labute approximate surface area is 173 Å². The number of pyridine rings is 2. The first-order chi connectivity index (χ1) is 14.1. The van der Waals surface area contributed by atoms with E-state index in [1.807, 2.05) is 28.8 Å². The number of benzene rings is 1. The van der Waals surface area contributed by atoms with Gasteiger partial charge in [0, 0.05) is 30.3 Å². The van der Waals surface area contributed by atoms with Crippen molar-refractivity contribution in [3.8, 4) is 0 Å². The number of fused-ring (bicyclic) bond motifs is 1. The summed E-state index contributed by atoms with van der Waals surface area (Å²) in [6.45, 7) is 4.64. The average Bonchev–Trinajstić information content (AvgIpc) is 3.14. The molecule has 1 N–H and O–H groups in total. The molecule has 7 heteroatoms. The number of aromatic nitrogens is 4. The van der Waals surface area contributed by atoms with E-state index >= 15 is 0 Å². The van der Waals surface area contributed by atoms with Gasteiger partial charge in [-0.15, -0.1) is 10.2 Å². The van der Waals surface area contributed by atoms with Crippen molar-refractivity contribution in [2.75, 3.05) is 6.54 Å². The molecular formula is C22H21N5OS. The highest BCUT2D eigenvalue weighted by molar-refractivity contribution is 7.99. The molecular weight excluding hydrogens is 382 g/mol. The summed E-state index contributed by atoms with van der Waals surface area (Å²) in [6.07, 6.45) is 4.23. The summed E-state index contributed by atoms with van der Waals surface area (Å²) in [4.78, 5) is 18.2. The van der Waals surface area contributed by atoms with Crippen LogP contribution in [0.1, 0.15) is 27.3 Å². The number of nitrogens with zero attached hydrogens (tertiary/aromatic N) is 4. The lowest BCUT2D eigenvalue weighted by molar-refractivity contribution is 0.0950. The summed E-state index contributed by atoms with van der Waals surface area (Å²) in [7, 11) is 0. The van der Waals surface area contributed by atoms with Crippen LogP contribution in [0.4, 0.5) is 0 Å². The molecule has 0 atom stereocenters. The molecule has 1 aromatic carbocycles. The van der Waals surface area contributed by atoms with Gasteiger partial charge in [0.2, 0.25) is 0 Å². The van der Waals surface area contributed by atoms with Gasteiger partial charge in [-0.25, -0.2) is 4.98 Å². The van der Waals surface area contributed by atoms with Gasteiger partial charge in [0.05, 0.1) is 5.56 Å². The molecule has 1 amide bonds. The fraction of sp³-hybridized carbons (Fsp3) is 0.182. The first-order valence-electron chi connectivity index (χ1n) is 9.39. The Morgan fingerprint density at radius 1 is 1.07 bits per heavy atom. The zero-order chi connectivity index (χ0) is 20.2. The molecule has 0 unspecified atom stereocenters. The van der Waals surface area contributed by atoms with Gasteiger partial charge in [0.15, 0.2) is 5.65 Å². The van der Waals surface area contributed by atoms with Crippen LogP contribution in [0.5, 0.6) is 0 Å². The van der Waals surface area contributed by atoms with Crippen molar-refractivity contribution >= 4 is 23.3 Å². The van der Waals surface area contributed by atoms with Crippen LogP contribution in [-0.2, 0) is 6.42 Å². The number of aryl methyl sites for hydroxylation is 2. The Morgan fingerprint density at radius 3 is 2.83 bits per heavy atom. The van der Waals surface area contributed by atoms with E-state index in [1.165, 1.54) is 22.9 Å². The summed E-state index contributed by atoms with van der Waals surface area (Å²) < 4.78 is 1.93. The maximum Gasteiger partial charge on any atom is 0.254 e.